The fourth-order valence-corrected chi connectivity index (χ4v) is 2.99. The lowest BCUT2D eigenvalue weighted by Gasteiger charge is -2.23. The van der Waals surface area contributed by atoms with Crippen molar-refractivity contribution in [3.63, 3.8) is 0 Å². The lowest BCUT2D eigenvalue weighted by molar-refractivity contribution is -0.129. The zero-order chi connectivity index (χ0) is 13.2. The van der Waals surface area contributed by atoms with Gasteiger partial charge in [-0.05, 0) is 33.2 Å². The molecular formula is C13H21N3OS. The maximum Gasteiger partial charge on any atom is 0.227 e. The summed E-state index contributed by atoms with van der Waals surface area (Å²) in [4.78, 5) is 17.9. The molecule has 2 atom stereocenters. The van der Waals surface area contributed by atoms with Gasteiger partial charge in [0.2, 0.25) is 5.91 Å². The summed E-state index contributed by atoms with van der Waals surface area (Å²) in [6, 6.07) is 0.000208. The number of rotatable bonds is 4. The number of aromatic nitrogens is 1. The van der Waals surface area contributed by atoms with Crippen molar-refractivity contribution in [1.29, 1.82) is 0 Å². The molecule has 5 heteroatoms. The molecule has 0 saturated carbocycles. The van der Waals surface area contributed by atoms with Gasteiger partial charge in [-0.3, -0.25) is 4.79 Å². The summed E-state index contributed by atoms with van der Waals surface area (Å²) in [6.45, 7) is 7.83. The zero-order valence-corrected chi connectivity index (χ0v) is 12.1. The zero-order valence-electron chi connectivity index (χ0n) is 11.2. The number of carbonyl (C=O) groups excluding carboxylic acids is 1. The predicted octanol–water partition coefficient (Wildman–Crippen LogP) is 1.88. The molecule has 100 valence electrons. The normalized spacial score (nSPS) is 25.1. The predicted molar refractivity (Wildman–Crippen MR) is 73.6 cm³/mol. The van der Waals surface area contributed by atoms with E-state index in [1.807, 2.05) is 20.0 Å². The number of hydrogen-bond donors (Lipinski definition) is 2. The first-order chi connectivity index (χ1) is 8.55. The maximum absolute atomic E-state index is 12.3. The number of thiazole rings is 1. The Hall–Kier alpha value is -0.940. The van der Waals surface area contributed by atoms with Crippen molar-refractivity contribution in [2.24, 2.45) is 5.41 Å². The van der Waals surface area contributed by atoms with Crippen molar-refractivity contribution in [3.05, 3.63) is 16.1 Å². The quantitative estimate of drug-likeness (QED) is 0.876. The average molecular weight is 267 g/mol. The summed E-state index contributed by atoms with van der Waals surface area (Å²) >= 11 is 1.68. The minimum absolute atomic E-state index is 0.000208. The molecule has 0 bridgehead atoms. The van der Waals surface area contributed by atoms with Gasteiger partial charge in [0.1, 0.15) is 5.01 Å². The van der Waals surface area contributed by atoms with Crippen LogP contribution in [0.3, 0.4) is 0 Å². The van der Waals surface area contributed by atoms with Gasteiger partial charge in [0.05, 0.1) is 11.5 Å². The third kappa shape index (κ3) is 2.72. The Balaban J connectivity index is 1.98. The molecule has 1 aromatic heterocycles. The van der Waals surface area contributed by atoms with Crippen molar-refractivity contribution in [2.75, 3.05) is 13.1 Å². The van der Waals surface area contributed by atoms with Crippen molar-refractivity contribution < 1.29 is 4.79 Å². The minimum atomic E-state index is -0.265. The third-order valence-electron chi connectivity index (χ3n) is 3.55. The Morgan fingerprint density at radius 1 is 1.72 bits per heavy atom. The Morgan fingerprint density at radius 2 is 2.50 bits per heavy atom. The van der Waals surface area contributed by atoms with Crippen molar-refractivity contribution in [3.8, 4) is 0 Å². The second kappa shape index (κ2) is 5.36. The Kier molecular flexibility index (Phi) is 4.02. The highest BCUT2D eigenvalue weighted by atomic mass is 32.1. The monoisotopic (exact) mass is 267 g/mol. The fraction of sp³-hybridized carbons (Fsp3) is 0.692. The van der Waals surface area contributed by atoms with Gasteiger partial charge in [0.25, 0.3) is 0 Å². The van der Waals surface area contributed by atoms with E-state index in [1.165, 1.54) is 4.88 Å². The Morgan fingerprint density at radius 3 is 3.06 bits per heavy atom. The topological polar surface area (TPSA) is 54.0 Å². The molecule has 2 unspecified atom stereocenters. The van der Waals surface area contributed by atoms with Crippen LogP contribution in [-0.4, -0.2) is 24.0 Å². The molecule has 18 heavy (non-hydrogen) atoms. The summed E-state index contributed by atoms with van der Waals surface area (Å²) in [5.41, 5.74) is -0.265. The number of nitrogens with zero attached hydrogens (tertiary/aromatic N) is 1. The fourth-order valence-electron chi connectivity index (χ4n) is 2.13. The molecule has 2 rings (SSSR count). The molecule has 1 aromatic rings. The molecule has 4 nitrogen and oxygen atoms in total. The molecule has 1 aliphatic heterocycles. The number of carbonyl (C=O) groups is 1. The van der Waals surface area contributed by atoms with E-state index in [4.69, 9.17) is 0 Å². The molecule has 0 aliphatic carbocycles. The largest absolute Gasteiger partial charge is 0.347 e. The molecule has 1 fully saturated rings. The van der Waals surface area contributed by atoms with Crippen LogP contribution in [-0.2, 0) is 11.2 Å². The first-order valence-corrected chi connectivity index (χ1v) is 7.33. The maximum atomic E-state index is 12.3. The highest BCUT2D eigenvalue weighted by Crippen LogP contribution is 2.27. The number of hydrogen-bond acceptors (Lipinski definition) is 4. The van der Waals surface area contributed by atoms with E-state index < -0.39 is 0 Å². The van der Waals surface area contributed by atoms with Crippen LogP contribution < -0.4 is 10.6 Å². The standard InChI is InChI=1S/C13H21N3OS/c1-4-10-7-15-11(18-10)9(2)16-12(17)13(3)5-6-14-8-13/h7,9,14H,4-6,8H2,1-3H3,(H,16,17). The smallest absolute Gasteiger partial charge is 0.227 e. The summed E-state index contributed by atoms with van der Waals surface area (Å²) in [5.74, 6) is 0.133. The van der Waals surface area contributed by atoms with E-state index in [2.05, 4.69) is 22.5 Å². The van der Waals surface area contributed by atoms with E-state index in [1.54, 1.807) is 11.3 Å². The van der Waals surface area contributed by atoms with Crippen molar-refractivity contribution in [2.45, 2.75) is 39.7 Å². The molecule has 1 aliphatic rings. The molecular weight excluding hydrogens is 246 g/mol. The van der Waals surface area contributed by atoms with Crippen LogP contribution in [0.4, 0.5) is 0 Å². The molecule has 1 saturated heterocycles. The highest BCUT2D eigenvalue weighted by molar-refractivity contribution is 7.11. The van der Waals surface area contributed by atoms with Gasteiger partial charge in [-0.15, -0.1) is 11.3 Å². The summed E-state index contributed by atoms with van der Waals surface area (Å²) < 4.78 is 0. The molecule has 0 spiro atoms. The molecule has 1 amide bonds. The number of amides is 1. The number of nitrogens with one attached hydrogen (secondary N) is 2. The van der Waals surface area contributed by atoms with Gasteiger partial charge >= 0.3 is 0 Å². The van der Waals surface area contributed by atoms with Crippen LogP contribution >= 0.6 is 11.3 Å². The first kappa shape index (κ1) is 13.5. The second-order valence-electron chi connectivity index (χ2n) is 5.20. The SMILES string of the molecule is CCc1cnc(C(C)NC(=O)C2(C)CCNC2)s1. The van der Waals surface area contributed by atoms with E-state index in [0.717, 1.165) is 30.9 Å². The number of aryl methyl sites for hydroxylation is 1. The third-order valence-corrected chi connectivity index (χ3v) is 4.88. The van der Waals surface area contributed by atoms with Crippen LogP contribution in [0.15, 0.2) is 6.20 Å². The van der Waals surface area contributed by atoms with Gasteiger partial charge in [0.15, 0.2) is 0 Å². The van der Waals surface area contributed by atoms with Crippen LogP contribution in [0.5, 0.6) is 0 Å². The molecule has 0 aromatic carbocycles. The van der Waals surface area contributed by atoms with Gasteiger partial charge < -0.3 is 10.6 Å². The van der Waals surface area contributed by atoms with Gasteiger partial charge in [-0.1, -0.05) is 6.92 Å². The van der Waals surface area contributed by atoms with Gasteiger partial charge in [-0.25, -0.2) is 4.98 Å². The Labute approximate surface area is 112 Å². The lowest BCUT2D eigenvalue weighted by atomic mass is 9.88. The lowest BCUT2D eigenvalue weighted by Crippen LogP contribution is -2.41. The van der Waals surface area contributed by atoms with Crippen LogP contribution in [0, 0.1) is 5.41 Å². The minimum Gasteiger partial charge on any atom is -0.347 e. The second-order valence-corrected chi connectivity index (χ2v) is 6.35. The summed E-state index contributed by atoms with van der Waals surface area (Å²) in [5, 5.41) is 7.33. The average Bonchev–Trinajstić information content (AvgIpc) is 2.98. The van der Waals surface area contributed by atoms with Gasteiger partial charge in [-0.2, -0.15) is 0 Å². The van der Waals surface area contributed by atoms with E-state index in [-0.39, 0.29) is 17.4 Å². The molecule has 2 heterocycles. The van der Waals surface area contributed by atoms with Crippen LogP contribution in [0.2, 0.25) is 0 Å². The van der Waals surface area contributed by atoms with E-state index >= 15 is 0 Å². The molecule has 0 radical (unpaired) electrons. The van der Waals surface area contributed by atoms with Crippen molar-refractivity contribution >= 4 is 17.2 Å². The molecule has 2 N–H and O–H groups in total. The van der Waals surface area contributed by atoms with Crippen LogP contribution in [0.1, 0.15) is 43.1 Å². The highest BCUT2D eigenvalue weighted by Gasteiger charge is 2.36. The van der Waals surface area contributed by atoms with Crippen molar-refractivity contribution in [1.82, 2.24) is 15.6 Å². The van der Waals surface area contributed by atoms with Gasteiger partial charge in [0, 0.05) is 17.6 Å². The summed E-state index contributed by atoms with van der Waals surface area (Å²) in [6.07, 6.45) is 3.81. The van der Waals surface area contributed by atoms with E-state index in [0.29, 0.717) is 0 Å². The first-order valence-electron chi connectivity index (χ1n) is 6.51. The van der Waals surface area contributed by atoms with Crippen LogP contribution in [0.25, 0.3) is 0 Å². The van der Waals surface area contributed by atoms with E-state index in [9.17, 15) is 4.79 Å². The summed E-state index contributed by atoms with van der Waals surface area (Å²) in [7, 11) is 0. The Bertz CT molecular complexity index is 424.